The molecule has 0 saturated carbocycles. The second-order valence-electron chi connectivity index (χ2n) is 1.23. The maximum Gasteiger partial charge on any atom is 0.536 e. The van der Waals surface area contributed by atoms with Crippen molar-refractivity contribution in [2.24, 2.45) is 0 Å². The van der Waals surface area contributed by atoms with Gasteiger partial charge in [0.1, 0.15) is 0 Å². The normalized spacial score (nSPS) is 14.1. The molecule has 0 aliphatic carbocycles. The smallest absolute Gasteiger partial charge is 0.209 e. The fourth-order valence-electron chi connectivity index (χ4n) is 0.172. The van der Waals surface area contributed by atoms with Gasteiger partial charge in [-0.05, 0) is 0 Å². The molecule has 0 aromatic rings. The van der Waals surface area contributed by atoms with Crippen LogP contribution in [0.3, 0.4) is 0 Å². The molecule has 0 heterocycles. The first kappa shape index (κ1) is 8.92. The van der Waals surface area contributed by atoms with E-state index in [-0.39, 0.29) is 0 Å². The van der Waals surface area contributed by atoms with E-state index in [0.717, 1.165) is 0 Å². The highest BCUT2D eigenvalue weighted by Gasteiger charge is 2.34. The van der Waals surface area contributed by atoms with Crippen LogP contribution in [0.4, 0.5) is 13.2 Å². The molecule has 0 bridgehead atoms. The van der Waals surface area contributed by atoms with Crippen molar-refractivity contribution in [3.8, 4) is 0 Å². The van der Waals surface area contributed by atoms with Crippen LogP contribution in [0, 0.1) is 0 Å². The SMILES string of the molecule is O=S(=O)([SiH3])OC(F)(F)F. The Labute approximate surface area is 52.0 Å². The first-order valence-electron chi connectivity index (χ1n) is 1.68. The summed E-state index contributed by atoms with van der Waals surface area (Å²) in [7, 11) is -4.93. The highest BCUT2D eigenvalue weighted by Crippen LogP contribution is 2.17. The molecular formula is CH3F3O3SSi. The molecule has 0 unspecified atom stereocenters. The average molecular weight is 180 g/mol. The standard InChI is InChI=1S/CH3F3O3SSi/c2-1(3,4)7-8(5,6)9/h9H3. The fraction of sp³-hybridized carbons (Fsp3) is 1.00. The van der Waals surface area contributed by atoms with Gasteiger partial charge in [-0.2, -0.15) is 4.18 Å². The summed E-state index contributed by atoms with van der Waals surface area (Å²) >= 11 is 0. The van der Waals surface area contributed by atoms with Crippen LogP contribution in [0.25, 0.3) is 0 Å². The summed E-state index contributed by atoms with van der Waals surface area (Å²) in [5, 5.41) is 0. The zero-order valence-corrected chi connectivity index (χ0v) is 7.08. The summed E-state index contributed by atoms with van der Waals surface area (Å²) in [6.07, 6.45) is -5.07. The molecule has 0 N–H and O–H groups in total. The Morgan fingerprint density at radius 1 is 1.33 bits per heavy atom. The predicted octanol–water partition coefficient (Wildman–Crippen LogP) is -0.867. The summed E-state index contributed by atoms with van der Waals surface area (Å²) in [4.78, 5) is 0. The predicted molar refractivity (Wildman–Crippen MR) is 26.0 cm³/mol. The van der Waals surface area contributed by atoms with Gasteiger partial charge in [0.2, 0.25) is 9.57 Å². The van der Waals surface area contributed by atoms with Gasteiger partial charge in [0.15, 0.2) is 9.39 Å². The molecule has 0 aromatic carbocycles. The lowest BCUT2D eigenvalue weighted by atomic mass is 11.4. The molecule has 8 heteroatoms. The number of rotatable bonds is 1. The Morgan fingerprint density at radius 2 is 1.67 bits per heavy atom. The second-order valence-corrected chi connectivity index (χ2v) is 5.81. The fourth-order valence-corrected chi connectivity index (χ4v) is 1.08. The Bertz CT molecular complexity index is 180. The third-order valence-corrected chi connectivity index (χ3v) is 1.24. The molecule has 0 fully saturated rings. The van der Waals surface area contributed by atoms with Gasteiger partial charge in [-0.1, -0.05) is 0 Å². The second kappa shape index (κ2) is 2.27. The summed E-state index contributed by atoms with van der Waals surface area (Å²) in [5.74, 6) is 0. The van der Waals surface area contributed by atoms with Crippen LogP contribution in [-0.2, 0) is 13.8 Å². The largest absolute Gasteiger partial charge is 0.536 e. The van der Waals surface area contributed by atoms with Crippen molar-refractivity contribution in [1.29, 1.82) is 0 Å². The van der Waals surface area contributed by atoms with Crippen LogP contribution in [0.15, 0.2) is 0 Å². The monoisotopic (exact) mass is 180 g/mol. The van der Waals surface area contributed by atoms with Crippen molar-refractivity contribution >= 4 is 19.0 Å². The molecule has 0 saturated heterocycles. The average Bonchev–Trinajstić information content (AvgIpc) is 1.14. The number of alkyl halides is 3. The van der Waals surface area contributed by atoms with Gasteiger partial charge < -0.3 is 0 Å². The zero-order chi connectivity index (χ0) is 7.71. The van der Waals surface area contributed by atoms with E-state index >= 15 is 0 Å². The number of hydrogen-bond donors (Lipinski definition) is 0. The van der Waals surface area contributed by atoms with Crippen LogP contribution in [0.2, 0.25) is 0 Å². The van der Waals surface area contributed by atoms with Gasteiger partial charge in [0.25, 0.3) is 0 Å². The van der Waals surface area contributed by atoms with Crippen molar-refractivity contribution < 1.29 is 25.8 Å². The van der Waals surface area contributed by atoms with E-state index in [1.54, 1.807) is 0 Å². The van der Waals surface area contributed by atoms with Gasteiger partial charge in [0.05, 0.1) is 0 Å². The van der Waals surface area contributed by atoms with Crippen molar-refractivity contribution in [1.82, 2.24) is 0 Å². The van der Waals surface area contributed by atoms with Crippen molar-refractivity contribution in [3.05, 3.63) is 0 Å². The Balaban J connectivity index is 4.07. The Hall–Kier alpha value is -0.0831. The van der Waals surface area contributed by atoms with E-state index in [0.29, 0.717) is 0 Å². The summed E-state index contributed by atoms with van der Waals surface area (Å²) in [6, 6.07) is 0. The van der Waals surface area contributed by atoms with Crippen molar-refractivity contribution in [3.63, 3.8) is 0 Å². The minimum absolute atomic E-state index is 0.661. The first-order valence-corrected chi connectivity index (χ1v) is 5.95. The van der Waals surface area contributed by atoms with Gasteiger partial charge >= 0.3 is 6.36 Å². The van der Waals surface area contributed by atoms with Gasteiger partial charge in [-0.3, -0.25) is 0 Å². The van der Waals surface area contributed by atoms with E-state index in [1.165, 1.54) is 0 Å². The molecule has 0 aliphatic heterocycles. The molecule has 0 atom stereocenters. The quantitative estimate of drug-likeness (QED) is 0.493. The number of halogens is 3. The van der Waals surface area contributed by atoms with Crippen molar-refractivity contribution in [2.45, 2.75) is 6.36 Å². The Morgan fingerprint density at radius 3 is 1.67 bits per heavy atom. The van der Waals surface area contributed by atoms with E-state index in [9.17, 15) is 21.6 Å². The highest BCUT2D eigenvalue weighted by molar-refractivity contribution is 8.08. The van der Waals surface area contributed by atoms with Crippen LogP contribution in [-0.4, -0.2) is 24.2 Å². The maximum absolute atomic E-state index is 11.0. The Kier molecular flexibility index (Phi) is 2.25. The first-order chi connectivity index (χ1) is 3.71. The minimum Gasteiger partial charge on any atom is -0.209 e. The zero-order valence-electron chi connectivity index (χ0n) is 4.27. The van der Waals surface area contributed by atoms with E-state index < -0.39 is 25.3 Å². The lowest BCUT2D eigenvalue weighted by molar-refractivity contribution is -0.270. The molecule has 0 amide bonds. The van der Waals surface area contributed by atoms with Crippen LogP contribution in [0.1, 0.15) is 0 Å². The molecule has 0 aliphatic rings. The van der Waals surface area contributed by atoms with Crippen LogP contribution >= 0.6 is 0 Å². The molecule has 56 valence electrons. The molecular weight excluding hydrogens is 177 g/mol. The lowest BCUT2D eigenvalue weighted by Crippen LogP contribution is -2.19. The van der Waals surface area contributed by atoms with Gasteiger partial charge in [0, 0.05) is 0 Å². The van der Waals surface area contributed by atoms with Crippen molar-refractivity contribution in [2.75, 3.05) is 0 Å². The molecule has 0 spiro atoms. The molecule has 3 nitrogen and oxygen atoms in total. The minimum atomic E-state index is -5.07. The third kappa shape index (κ3) is 7.92. The lowest BCUT2D eigenvalue weighted by Gasteiger charge is -2.02. The summed E-state index contributed by atoms with van der Waals surface area (Å²) in [5.41, 5.74) is 0. The summed E-state index contributed by atoms with van der Waals surface area (Å²) in [6.45, 7) is 0. The highest BCUT2D eigenvalue weighted by atomic mass is 32.4. The molecule has 0 aromatic heterocycles. The van der Waals surface area contributed by atoms with E-state index in [2.05, 4.69) is 4.18 Å². The molecule has 0 radical (unpaired) electrons. The number of hydrogen-bond acceptors (Lipinski definition) is 3. The maximum atomic E-state index is 11.0. The van der Waals surface area contributed by atoms with Crippen LogP contribution in [0.5, 0.6) is 0 Å². The molecule has 0 rings (SSSR count). The van der Waals surface area contributed by atoms with Gasteiger partial charge in [-0.15, -0.1) is 13.2 Å². The molecule has 9 heavy (non-hydrogen) atoms. The van der Waals surface area contributed by atoms with E-state index in [4.69, 9.17) is 0 Å². The third-order valence-electron chi connectivity index (χ3n) is 0.246. The topological polar surface area (TPSA) is 43.4 Å². The van der Waals surface area contributed by atoms with E-state index in [1.807, 2.05) is 0 Å². The summed E-state index contributed by atoms with van der Waals surface area (Å²) < 4.78 is 55.1. The van der Waals surface area contributed by atoms with Crippen LogP contribution < -0.4 is 0 Å². The van der Waals surface area contributed by atoms with Gasteiger partial charge in [-0.25, -0.2) is 8.42 Å².